The monoisotopic (exact) mass is 762 g/mol. The van der Waals surface area contributed by atoms with Crippen molar-refractivity contribution in [1.82, 2.24) is 0 Å². The zero-order valence-electron chi connectivity index (χ0n) is 32.2. The zero-order valence-corrected chi connectivity index (χ0v) is 33.0. The van der Waals surface area contributed by atoms with E-state index in [1.165, 1.54) is 59.9 Å². The van der Waals surface area contributed by atoms with Crippen LogP contribution >= 0.6 is 11.8 Å². The van der Waals surface area contributed by atoms with E-state index in [0.29, 0.717) is 0 Å². The van der Waals surface area contributed by atoms with E-state index >= 15 is 0 Å². The number of anilines is 5. The first-order valence-corrected chi connectivity index (χ1v) is 20.9. The van der Waals surface area contributed by atoms with Gasteiger partial charge in [0.15, 0.2) is 5.58 Å². The maximum atomic E-state index is 7.14. The van der Waals surface area contributed by atoms with Crippen LogP contribution in [0.25, 0.3) is 66.1 Å². The topological polar surface area (TPSA) is 32.8 Å². The molecule has 5 heterocycles. The Kier molecular flexibility index (Phi) is 6.43. The third-order valence-corrected chi connectivity index (χ3v) is 13.7. The molecule has 0 bridgehead atoms. The van der Waals surface area contributed by atoms with Crippen LogP contribution in [-0.4, -0.2) is 6.85 Å². The third kappa shape index (κ3) is 4.33. The zero-order chi connectivity index (χ0) is 38.4. The fraction of sp³-hybridized carbons (Fsp3) is 0.0769. The Bertz CT molecular complexity index is 3390. The van der Waals surface area contributed by atoms with Gasteiger partial charge in [-0.15, -0.1) is 0 Å². The molecule has 0 amide bonds. The summed E-state index contributed by atoms with van der Waals surface area (Å²) < 4.78 is 13.9. The second-order valence-corrected chi connectivity index (χ2v) is 17.9. The summed E-state index contributed by atoms with van der Waals surface area (Å²) in [6.45, 7) is 6.72. The van der Waals surface area contributed by atoms with Gasteiger partial charge in [-0.05, 0) is 93.7 Å². The smallest absolute Gasteiger partial charge is 0.333 e. The number of benzene rings is 8. The van der Waals surface area contributed by atoms with Crippen LogP contribution in [0.4, 0.5) is 28.4 Å². The lowest BCUT2D eigenvalue weighted by Crippen LogP contribution is -2.62. The lowest BCUT2D eigenvalue weighted by molar-refractivity contribution is 0.590. The van der Waals surface area contributed by atoms with Crippen molar-refractivity contribution < 1.29 is 8.83 Å². The molecule has 4 nitrogen and oxygen atoms in total. The Morgan fingerprint density at radius 1 is 0.500 bits per heavy atom. The SMILES string of the molecule is CC(C)(C)c1ccc(N2c3cc4c(cc3B3c5c(cc6c(oc7ccccc76)c52)-c2cccc5c2N3c2ccccc2S5)oc2ccccc24)c(-c2ccccc2)c1. The summed E-state index contributed by atoms with van der Waals surface area (Å²) in [5.41, 5.74) is 17.8. The molecule has 6 heteroatoms. The van der Waals surface area contributed by atoms with Crippen LogP contribution in [-0.2, 0) is 5.41 Å². The molecule has 0 unspecified atom stereocenters. The van der Waals surface area contributed by atoms with Crippen molar-refractivity contribution in [2.24, 2.45) is 0 Å². The highest BCUT2D eigenvalue weighted by atomic mass is 32.2. The number of para-hydroxylation sites is 4. The summed E-state index contributed by atoms with van der Waals surface area (Å²) in [5.74, 6) is 0. The fourth-order valence-electron chi connectivity index (χ4n) is 9.93. The predicted octanol–water partition coefficient (Wildman–Crippen LogP) is 13.6. The van der Waals surface area contributed by atoms with Gasteiger partial charge < -0.3 is 18.5 Å². The molecule has 0 N–H and O–H groups in total. The minimum absolute atomic E-state index is 0.0478. The van der Waals surface area contributed by atoms with E-state index in [0.717, 1.165) is 60.9 Å². The van der Waals surface area contributed by atoms with Crippen molar-refractivity contribution in [3.8, 4) is 22.3 Å². The van der Waals surface area contributed by atoms with Crippen LogP contribution in [0.5, 0.6) is 0 Å². The first-order valence-electron chi connectivity index (χ1n) is 20.0. The van der Waals surface area contributed by atoms with E-state index in [4.69, 9.17) is 8.83 Å². The number of hydrogen-bond acceptors (Lipinski definition) is 5. The highest BCUT2D eigenvalue weighted by Gasteiger charge is 2.49. The molecule has 0 saturated heterocycles. The molecule has 8 aromatic carbocycles. The maximum Gasteiger partial charge on any atom is 0.333 e. The van der Waals surface area contributed by atoms with Gasteiger partial charge in [-0.2, -0.15) is 0 Å². The molecule has 0 atom stereocenters. The second-order valence-electron chi connectivity index (χ2n) is 16.8. The average molecular weight is 763 g/mol. The van der Waals surface area contributed by atoms with Crippen molar-refractivity contribution in [1.29, 1.82) is 0 Å². The Morgan fingerprint density at radius 2 is 1.22 bits per heavy atom. The van der Waals surface area contributed by atoms with Crippen LogP contribution in [0.3, 0.4) is 0 Å². The number of furan rings is 2. The van der Waals surface area contributed by atoms with Crippen LogP contribution in [0.15, 0.2) is 176 Å². The predicted molar refractivity (Wildman–Crippen MR) is 243 cm³/mol. The van der Waals surface area contributed by atoms with E-state index < -0.39 is 0 Å². The molecule has 13 rings (SSSR count). The Morgan fingerprint density at radius 3 is 2.05 bits per heavy atom. The van der Waals surface area contributed by atoms with Gasteiger partial charge in [0.25, 0.3) is 0 Å². The molecule has 2 aromatic heterocycles. The van der Waals surface area contributed by atoms with Crippen molar-refractivity contribution in [2.45, 2.75) is 36.0 Å². The minimum Gasteiger partial charge on any atom is -0.456 e. The van der Waals surface area contributed by atoms with Gasteiger partial charge in [-0.25, -0.2) is 0 Å². The Balaban J connectivity index is 1.25. The molecule has 10 aromatic rings. The summed E-state index contributed by atoms with van der Waals surface area (Å²) in [6.07, 6.45) is 0. The van der Waals surface area contributed by atoms with Crippen LogP contribution in [0.1, 0.15) is 26.3 Å². The number of hydrogen-bond donors (Lipinski definition) is 0. The third-order valence-electron chi connectivity index (χ3n) is 12.6. The highest BCUT2D eigenvalue weighted by Crippen LogP contribution is 2.58. The van der Waals surface area contributed by atoms with E-state index in [1.54, 1.807) is 0 Å². The molecule has 0 saturated carbocycles. The number of fused-ring (bicyclic) bond motifs is 13. The second kappa shape index (κ2) is 11.5. The molecular formula is C52H35BN2O2S. The summed E-state index contributed by atoms with van der Waals surface area (Å²) in [5, 5.41) is 4.44. The normalized spacial score (nSPS) is 13.9. The summed E-state index contributed by atoms with van der Waals surface area (Å²) in [7, 11) is 0. The van der Waals surface area contributed by atoms with Gasteiger partial charge >= 0.3 is 6.85 Å². The quantitative estimate of drug-likeness (QED) is 0.164. The van der Waals surface area contributed by atoms with Crippen LogP contribution in [0.2, 0.25) is 0 Å². The molecule has 0 fully saturated rings. The molecule has 0 radical (unpaired) electrons. The Hall–Kier alpha value is -6.63. The van der Waals surface area contributed by atoms with Crippen molar-refractivity contribution in [3.63, 3.8) is 0 Å². The maximum absolute atomic E-state index is 7.14. The molecule has 0 spiro atoms. The highest BCUT2D eigenvalue weighted by molar-refractivity contribution is 7.99. The van der Waals surface area contributed by atoms with Gasteiger partial charge in [0, 0.05) is 53.8 Å². The van der Waals surface area contributed by atoms with Gasteiger partial charge in [0.2, 0.25) is 0 Å². The van der Waals surface area contributed by atoms with Crippen LogP contribution in [0, 0.1) is 0 Å². The minimum atomic E-state index is -0.170. The summed E-state index contributed by atoms with van der Waals surface area (Å²) in [6, 6.07) is 57.7. The molecule has 0 aliphatic carbocycles. The largest absolute Gasteiger partial charge is 0.456 e. The van der Waals surface area contributed by atoms with Gasteiger partial charge in [0.05, 0.1) is 17.1 Å². The van der Waals surface area contributed by atoms with Crippen molar-refractivity contribution in [3.05, 3.63) is 163 Å². The molecule has 3 aliphatic heterocycles. The van der Waals surface area contributed by atoms with Crippen molar-refractivity contribution in [2.75, 3.05) is 9.71 Å². The van der Waals surface area contributed by atoms with Crippen LogP contribution < -0.4 is 20.6 Å². The van der Waals surface area contributed by atoms with E-state index in [1.807, 2.05) is 11.8 Å². The standard InChI is InChI=1S/C52H35BN2O2S/c1-52(2,3)31-24-25-40(35(26-31)30-14-5-4-6-15-30)54-42-28-36-32-16-7-10-20-43(32)56-45(36)29-39(42)53-48-37(27-38-33-17-8-11-21-44(33)57-51(38)50(48)54)34-18-13-23-47-49(34)55(53)41-19-9-12-22-46(41)58-47/h4-29H,1-3H3. The molecule has 3 aliphatic rings. The first-order chi connectivity index (χ1) is 28.4. The number of nitrogens with zero attached hydrogens (tertiary/aromatic N) is 2. The molecule has 274 valence electrons. The van der Waals surface area contributed by atoms with E-state index in [-0.39, 0.29) is 12.3 Å². The average Bonchev–Trinajstić information content (AvgIpc) is 3.81. The van der Waals surface area contributed by atoms with E-state index in [9.17, 15) is 0 Å². The molecule has 58 heavy (non-hydrogen) atoms. The van der Waals surface area contributed by atoms with Gasteiger partial charge in [-0.1, -0.05) is 130 Å². The first kappa shape index (κ1) is 32.5. The van der Waals surface area contributed by atoms with Gasteiger partial charge in [-0.3, -0.25) is 0 Å². The fourth-order valence-corrected chi connectivity index (χ4v) is 11.0. The summed E-state index contributed by atoms with van der Waals surface area (Å²) in [4.78, 5) is 7.66. The molecular weight excluding hydrogens is 727 g/mol. The van der Waals surface area contributed by atoms with Gasteiger partial charge in [0.1, 0.15) is 16.7 Å². The van der Waals surface area contributed by atoms with E-state index in [2.05, 4.69) is 188 Å². The summed E-state index contributed by atoms with van der Waals surface area (Å²) >= 11 is 1.86. The number of rotatable bonds is 2. The van der Waals surface area contributed by atoms with Crippen molar-refractivity contribution >= 4 is 102 Å². The lowest BCUT2D eigenvalue weighted by atomic mass is 9.43. The Labute approximate surface area is 340 Å². The lowest BCUT2D eigenvalue weighted by Gasteiger charge is -2.48.